The van der Waals surface area contributed by atoms with E-state index in [2.05, 4.69) is 0 Å². The summed E-state index contributed by atoms with van der Waals surface area (Å²) < 4.78 is 3.03. The molecule has 0 saturated carbocycles. The zero-order valence-electron chi connectivity index (χ0n) is 32.9. The van der Waals surface area contributed by atoms with Gasteiger partial charge < -0.3 is 0 Å². The van der Waals surface area contributed by atoms with Crippen molar-refractivity contribution < 1.29 is 0 Å². The van der Waals surface area contributed by atoms with Crippen LogP contribution in [0.1, 0.15) is 0 Å². The average molecular weight is 814 g/mol. The van der Waals surface area contributed by atoms with Crippen molar-refractivity contribution in [2.45, 2.75) is 0 Å². The van der Waals surface area contributed by atoms with Crippen molar-refractivity contribution in [2.24, 2.45) is 0 Å². The molecule has 0 aliphatic rings. The number of hydrogen-bond acceptors (Lipinski definition) is 6. The molecule has 0 N–H and O–H groups in total. The van der Waals surface area contributed by atoms with Gasteiger partial charge >= 0.3 is 0 Å². The third-order valence-corrected chi connectivity index (χ3v) is 12.9. The van der Waals surface area contributed by atoms with E-state index in [1.807, 2.05) is 91.0 Å². The van der Waals surface area contributed by atoms with Crippen LogP contribution in [0.15, 0.2) is 193 Å². The van der Waals surface area contributed by atoms with E-state index in [4.69, 9.17) is 0 Å². The predicted octanol–water partition coefficient (Wildman–Crippen LogP) is 8.91. The van der Waals surface area contributed by atoms with Gasteiger partial charge in [-0.05, 0) is 50.5 Å². The molecule has 0 unspecified atom stereocenters. The van der Waals surface area contributed by atoms with Crippen LogP contribution < -0.4 is 33.4 Å². The lowest BCUT2D eigenvalue weighted by Crippen LogP contribution is -2.25. The van der Waals surface area contributed by atoms with Crippen LogP contribution in [-0.4, -0.2) is 13.7 Å². The first-order valence-corrected chi connectivity index (χ1v) is 20.4. The van der Waals surface area contributed by atoms with Crippen LogP contribution in [-0.2, 0) is 0 Å². The average Bonchev–Trinajstić information content (AvgIpc) is 3.83. The van der Waals surface area contributed by atoms with Gasteiger partial charge in [0.2, 0.25) is 0 Å². The number of benzene rings is 10. The summed E-state index contributed by atoms with van der Waals surface area (Å²) in [5, 5.41) is 5.65. The Hall–Kier alpha value is -8.82. The quantitative estimate of drug-likeness (QED) is 0.165. The molecule has 9 heteroatoms. The van der Waals surface area contributed by atoms with Crippen molar-refractivity contribution in [3.05, 3.63) is 226 Å². The Morgan fingerprint density at radius 3 is 0.556 bits per heavy atom. The van der Waals surface area contributed by atoms with Gasteiger partial charge in [-0.25, -0.2) is 13.7 Å². The van der Waals surface area contributed by atoms with Gasteiger partial charge in [-0.15, -0.1) is 0 Å². The molecule has 0 bridgehead atoms. The topological polar surface area (TPSA) is 117 Å². The molecule has 10 aromatic carbocycles. The Morgan fingerprint density at radius 2 is 0.381 bits per heavy atom. The third kappa shape index (κ3) is 4.44. The standard InChI is InChI=1S/C54H27N3O6/c58-49-40-41(50(59)55(49)46-34-19-7-1-13-28(34)25-29-14-2-8-20-35(29)46)43-45(54(63)57(52(43)61)48-38-23-11-5-17-32(38)27-33-18-6-12-24-39(33)48)44-42(40)51(60)56(53(44)62)47-36-21-9-3-15-30(36)26-31-16-4-10-22-37(31)47/h1-27H. The molecule has 0 aliphatic carbocycles. The highest BCUT2D eigenvalue weighted by Crippen LogP contribution is 2.36. The van der Waals surface area contributed by atoms with Gasteiger partial charge in [0.25, 0.3) is 33.4 Å². The van der Waals surface area contributed by atoms with E-state index in [9.17, 15) is 0 Å². The second kappa shape index (κ2) is 12.4. The Kier molecular flexibility index (Phi) is 6.87. The van der Waals surface area contributed by atoms with Crippen LogP contribution in [0, 0.1) is 0 Å². The van der Waals surface area contributed by atoms with Crippen LogP contribution in [0.3, 0.4) is 0 Å². The maximum atomic E-state index is 15.5. The van der Waals surface area contributed by atoms with Gasteiger partial charge in [0.15, 0.2) is 0 Å². The van der Waals surface area contributed by atoms with Gasteiger partial charge in [-0.3, -0.25) is 28.8 Å². The first kappa shape index (κ1) is 35.0. The molecule has 0 spiro atoms. The lowest BCUT2D eigenvalue weighted by Gasteiger charge is -2.11. The number of nitrogens with zero attached hydrogens (tertiary/aromatic N) is 3. The molecular formula is C54H27N3O6. The summed E-state index contributed by atoms with van der Waals surface area (Å²) in [6.45, 7) is 0. The van der Waals surface area contributed by atoms with Gasteiger partial charge in [-0.1, -0.05) is 146 Å². The fraction of sp³-hybridized carbons (Fsp3) is 0. The van der Waals surface area contributed by atoms with Crippen LogP contribution >= 0.6 is 0 Å². The number of aromatic nitrogens is 3. The van der Waals surface area contributed by atoms with Crippen LogP contribution in [0.25, 0.3) is 114 Å². The van der Waals surface area contributed by atoms with Crippen LogP contribution in [0.4, 0.5) is 0 Å². The summed E-state index contributed by atoms with van der Waals surface area (Å²) in [4.78, 5) is 92.9. The highest BCUT2D eigenvalue weighted by atomic mass is 16.2. The van der Waals surface area contributed by atoms with Crippen LogP contribution in [0.5, 0.6) is 0 Å². The van der Waals surface area contributed by atoms with Gasteiger partial charge in [0.05, 0.1) is 49.4 Å². The SMILES string of the molecule is O=c1c2c3c(=O)n(-c4c5ccccc5cc5ccccc45)c(=O)c3c3c(=O)n(-c4c5ccccc5cc5ccccc45)c(=O)c3c2c(=O)n1-c1c2ccccc2cc2ccccc12. The van der Waals surface area contributed by atoms with Gasteiger partial charge in [0.1, 0.15) is 0 Å². The first-order chi connectivity index (χ1) is 30.8. The van der Waals surface area contributed by atoms with E-state index in [-0.39, 0.29) is 49.4 Å². The van der Waals surface area contributed by atoms with E-state index < -0.39 is 33.4 Å². The first-order valence-electron chi connectivity index (χ1n) is 20.4. The van der Waals surface area contributed by atoms with Crippen molar-refractivity contribution in [3.63, 3.8) is 0 Å². The van der Waals surface area contributed by atoms with E-state index in [1.54, 1.807) is 72.8 Å². The maximum absolute atomic E-state index is 15.5. The van der Waals surface area contributed by atoms with Crippen LogP contribution in [0.2, 0.25) is 0 Å². The van der Waals surface area contributed by atoms with E-state index in [1.165, 1.54) is 0 Å². The van der Waals surface area contributed by atoms with E-state index in [0.717, 1.165) is 46.0 Å². The van der Waals surface area contributed by atoms with Crippen molar-refractivity contribution in [2.75, 3.05) is 0 Å². The molecule has 0 amide bonds. The molecule has 0 radical (unpaired) electrons. The second-order valence-corrected chi connectivity index (χ2v) is 16.1. The summed E-state index contributed by atoms with van der Waals surface area (Å²) in [5.41, 5.74) is -4.48. The minimum Gasteiger partial charge on any atom is -0.268 e. The Labute approximate surface area is 352 Å². The molecular weight excluding hydrogens is 787 g/mol. The number of fused-ring (bicyclic) bond motifs is 12. The van der Waals surface area contributed by atoms with Gasteiger partial charge in [0, 0.05) is 32.3 Å². The molecule has 63 heavy (non-hydrogen) atoms. The monoisotopic (exact) mass is 813 g/mol. The highest BCUT2D eigenvalue weighted by Gasteiger charge is 2.34. The summed E-state index contributed by atoms with van der Waals surface area (Å²) >= 11 is 0. The summed E-state index contributed by atoms with van der Waals surface area (Å²) in [6, 6.07) is 49.9. The minimum absolute atomic E-state index is 0.264. The third-order valence-electron chi connectivity index (χ3n) is 12.9. The molecule has 0 fully saturated rings. The van der Waals surface area contributed by atoms with Crippen molar-refractivity contribution in [1.82, 2.24) is 13.7 Å². The smallest absolute Gasteiger partial charge is 0.267 e. The Balaban J connectivity index is 1.31. The molecule has 0 saturated heterocycles. The van der Waals surface area contributed by atoms with Crippen molar-refractivity contribution >= 4 is 97.0 Å². The summed E-state index contributed by atoms with van der Waals surface area (Å²) in [5.74, 6) is 0. The van der Waals surface area contributed by atoms with E-state index >= 15 is 28.8 Å². The molecule has 3 heterocycles. The fourth-order valence-corrected chi connectivity index (χ4v) is 10.3. The van der Waals surface area contributed by atoms with E-state index in [0.29, 0.717) is 32.3 Å². The molecule has 13 aromatic rings. The maximum Gasteiger partial charge on any atom is 0.267 e. The molecule has 9 nitrogen and oxygen atoms in total. The fourth-order valence-electron chi connectivity index (χ4n) is 10.3. The van der Waals surface area contributed by atoms with Gasteiger partial charge in [-0.2, -0.15) is 0 Å². The van der Waals surface area contributed by atoms with Crippen molar-refractivity contribution in [1.29, 1.82) is 0 Å². The molecule has 13 rings (SSSR count). The number of rotatable bonds is 3. The normalized spacial score (nSPS) is 12.2. The molecule has 3 aromatic heterocycles. The largest absolute Gasteiger partial charge is 0.268 e. The lowest BCUT2D eigenvalue weighted by atomic mass is 10.0. The lowest BCUT2D eigenvalue weighted by molar-refractivity contribution is 1.01. The Morgan fingerprint density at radius 1 is 0.222 bits per heavy atom. The summed E-state index contributed by atoms with van der Waals surface area (Å²) in [7, 11) is 0. The minimum atomic E-state index is -0.879. The molecule has 0 atom stereocenters. The second-order valence-electron chi connectivity index (χ2n) is 16.1. The molecule has 294 valence electrons. The van der Waals surface area contributed by atoms with Crippen molar-refractivity contribution in [3.8, 4) is 17.1 Å². The zero-order chi connectivity index (χ0) is 42.4. The summed E-state index contributed by atoms with van der Waals surface area (Å²) in [6.07, 6.45) is 0. The predicted molar refractivity (Wildman–Crippen MR) is 253 cm³/mol. The number of hydrogen-bond donors (Lipinski definition) is 0. The highest BCUT2D eigenvalue weighted by molar-refractivity contribution is 6.26. The molecule has 0 aliphatic heterocycles. The Bertz CT molecular complexity index is 3820. The zero-order valence-corrected chi connectivity index (χ0v) is 32.9.